The largest absolute Gasteiger partial charge is 0.456 e. The third-order valence-corrected chi connectivity index (χ3v) is 7.94. The van der Waals surface area contributed by atoms with Crippen LogP contribution in [0.2, 0.25) is 10.0 Å². The number of rotatable bonds is 11. The van der Waals surface area contributed by atoms with Crippen LogP contribution in [0.25, 0.3) is 0 Å². The van der Waals surface area contributed by atoms with E-state index >= 15 is 0 Å². The number of nitro groups is 1. The number of aliphatic hydroxyl groups is 2. The van der Waals surface area contributed by atoms with Crippen LogP contribution >= 0.6 is 23.2 Å². The second-order valence-corrected chi connectivity index (χ2v) is 11.4. The van der Waals surface area contributed by atoms with E-state index in [4.69, 9.17) is 27.9 Å². The summed E-state index contributed by atoms with van der Waals surface area (Å²) in [5.41, 5.74) is -0.294. The molecule has 0 spiro atoms. The van der Waals surface area contributed by atoms with Crippen LogP contribution in [0, 0.1) is 10.1 Å². The Hall–Kier alpha value is -4.20. The highest BCUT2D eigenvalue weighted by Crippen LogP contribution is 2.30. The van der Waals surface area contributed by atoms with Gasteiger partial charge < -0.3 is 20.3 Å². The number of hydrogen-bond acceptors (Lipinski definition) is 8. The molecule has 4 aromatic rings. The van der Waals surface area contributed by atoms with Crippen LogP contribution in [0.3, 0.4) is 0 Å². The molecule has 0 aromatic heterocycles. The van der Waals surface area contributed by atoms with Crippen molar-refractivity contribution in [3.05, 3.63) is 122 Å². The number of nitrogens with one attached hydrogen (secondary N) is 2. The summed E-state index contributed by atoms with van der Waals surface area (Å²) in [4.78, 5) is 23.4. The minimum atomic E-state index is -4.19. The molecule has 0 radical (unpaired) electrons. The van der Waals surface area contributed by atoms with Gasteiger partial charge in [-0.05, 0) is 72.3 Å². The number of nitro benzene ring substituents is 1. The van der Waals surface area contributed by atoms with Crippen LogP contribution in [-0.2, 0) is 10.0 Å². The summed E-state index contributed by atoms with van der Waals surface area (Å²) in [5.74, 6) is -0.112. The summed E-state index contributed by atoms with van der Waals surface area (Å²) in [6.07, 6.45) is -1.44. The van der Waals surface area contributed by atoms with Gasteiger partial charge in [-0.25, -0.2) is 8.42 Å². The van der Waals surface area contributed by atoms with Gasteiger partial charge >= 0.3 is 0 Å². The van der Waals surface area contributed by atoms with E-state index in [1.165, 1.54) is 66.7 Å². The van der Waals surface area contributed by atoms with Gasteiger partial charge in [-0.3, -0.25) is 19.6 Å². The number of hydrogen-bond donors (Lipinski definition) is 4. The van der Waals surface area contributed by atoms with Crippen molar-refractivity contribution in [2.75, 3.05) is 11.3 Å². The Balaban J connectivity index is 1.52. The highest BCUT2D eigenvalue weighted by atomic mass is 35.5. The molecule has 4 N–H and O–H groups in total. The average molecular weight is 632 g/mol. The lowest BCUT2D eigenvalue weighted by Gasteiger charge is -2.23. The predicted octanol–water partition coefficient (Wildman–Crippen LogP) is 5.32. The molecule has 0 bridgehead atoms. The zero-order valence-electron chi connectivity index (χ0n) is 21.5. The fraction of sp³-hybridized carbons (Fsp3) is 0.107. The number of benzene rings is 4. The molecule has 0 aliphatic carbocycles. The summed E-state index contributed by atoms with van der Waals surface area (Å²) in [6.45, 7) is -0.700. The molecular weight excluding hydrogens is 609 g/mol. The zero-order valence-corrected chi connectivity index (χ0v) is 23.8. The number of halogens is 2. The van der Waals surface area contributed by atoms with Gasteiger partial charge in [-0.15, -0.1) is 0 Å². The summed E-state index contributed by atoms with van der Waals surface area (Å²) in [5, 5.41) is 34.4. The van der Waals surface area contributed by atoms with Crippen molar-refractivity contribution in [2.45, 2.75) is 17.0 Å². The SMILES string of the molecule is O=C(N[C@H](CO)[C@H](O)c1ccc([N+](=O)[O-])cc1)c1cc(Cl)ccc1NS(=O)(=O)c1ccc(Oc2ccccc2Cl)cc1. The summed E-state index contributed by atoms with van der Waals surface area (Å²) < 4.78 is 34.4. The molecular formula is C28H23Cl2N3O8S. The molecule has 0 unspecified atom stereocenters. The maximum Gasteiger partial charge on any atom is 0.269 e. The van der Waals surface area contributed by atoms with Gasteiger partial charge in [0.05, 0.1) is 38.7 Å². The number of anilines is 1. The first-order chi connectivity index (χ1) is 20.0. The maximum absolute atomic E-state index is 13.2. The van der Waals surface area contributed by atoms with Crippen LogP contribution < -0.4 is 14.8 Å². The van der Waals surface area contributed by atoms with E-state index in [0.29, 0.717) is 16.5 Å². The smallest absolute Gasteiger partial charge is 0.269 e. The number of sulfonamides is 1. The van der Waals surface area contributed by atoms with Gasteiger partial charge in [0, 0.05) is 17.2 Å². The molecule has 14 heteroatoms. The van der Waals surface area contributed by atoms with Crippen molar-refractivity contribution in [3.8, 4) is 11.5 Å². The van der Waals surface area contributed by atoms with Gasteiger partial charge in [0.25, 0.3) is 21.6 Å². The van der Waals surface area contributed by atoms with E-state index in [1.54, 1.807) is 24.3 Å². The third-order valence-electron chi connectivity index (χ3n) is 6.01. The minimum Gasteiger partial charge on any atom is -0.456 e. The Bertz CT molecular complexity index is 1700. The van der Waals surface area contributed by atoms with Crippen molar-refractivity contribution in [3.63, 3.8) is 0 Å². The standard InChI is InChI=1S/C28H23Cl2N3O8S/c29-18-7-14-24(32-42(39,40)21-12-10-20(11-13-21)41-26-4-2-1-3-23(26)30)22(15-18)28(36)31-25(16-34)27(35)17-5-8-19(9-6-17)33(37)38/h1-15,25,27,32,34-35H,16H2,(H,31,36)/t25-,27-/m1/s1. The van der Waals surface area contributed by atoms with Crippen LogP contribution in [0.15, 0.2) is 95.9 Å². The third kappa shape index (κ3) is 7.35. The summed E-state index contributed by atoms with van der Waals surface area (Å²) in [6, 6.07) is 19.9. The Morgan fingerprint density at radius 1 is 0.976 bits per heavy atom. The fourth-order valence-electron chi connectivity index (χ4n) is 3.83. The van der Waals surface area contributed by atoms with Crippen LogP contribution in [0.4, 0.5) is 11.4 Å². The van der Waals surface area contributed by atoms with E-state index in [2.05, 4.69) is 10.0 Å². The highest BCUT2D eigenvalue weighted by molar-refractivity contribution is 7.92. The van der Waals surface area contributed by atoms with Crippen LogP contribution in [0.5, 0.6) is 11.5 Å². The quantitative estimate of drug-likeness (QED) is 0.127. The number of aliphatic hydroxyl groups excluding tert-OH is 2. The fourth-order valence-corrected chi connectivity index (χ4v) is 5.26. The Kier molecular flexibility index (Phi) is 9.66. The number of carbonyl (C=O) groups is 1. The van der Waals surface area contributed by atoms with Crippen molar-refractivity contribution >= 4 is 50.5 Å². The number of ether oxygens (including phenoxy) is 1. The van der Waals surface area contributed by atoms with E-state index in [-0.39, 0.29) is 32.4 Å². The van der Waals surface area contributed by atoms with E-state index in [9.17, 15) is 33.5 Å². The normalized spacial score (nSPS) is 12.7. The molecule has 1 amide bonds. The molecule has 0 fully saturated rings. The van der Waals surface area contributed by atoms with Crippen LogP contribution in [0.1, 0.15) is 22.0 Å². The minimum absolute atomic E-state index is 0.116. The molecule has 42 heavy (non-hydrogen) atoms. The predicted molar refractivity (Wildman–Crippen MR) is 157 cm³/mol. The molecule has 218 valence electrons. The number of carbonyl (C=O) groups excluding carboxylic acids is 1. The average Bonchev–Trinajstić information content (AvgIpc) is 2.97. The molecule has 0 aliphatic heterocycles. The number of non-ortho nitro benzene ring substituents is 1. The monoisotopic (exact) mass is 631 g/mol. The summed E-state index contributed by atoms with van der Waals surface area (Å²) in [7, 11) is -4.19. The molecule has 0 saturated carbocycles. The number of para-hydroxylation sites is 1. The summed E-state index contributed by atoms with van der Waals surface area (Å²) >= 11 is 12.2. The van der Waals surface area contributed by atoms with Gasteiger partial charge in [0.15, 0.2) is 0 Å². The Morgan fingerprint density at radius 3 is 2.26 bits per heavy atom. The number of amides is 1. The van der Waals surface area contributed by atoms with Crippen LogP contribution in [-0.4, -0.2) is 42.1 Å². The molecule has 4 rings (SSSR count). The van der Waals surface area contributed by atoms with Crippen molar-refractivity contribution in [2.24, 2.45) is 0 Å². The van der Waals surface area contributed by atoms with E-state index in [0.717, 1.165) is 0 Å². The van der Waals surface area contributed by atoms with Crippen molar-refractivity contribution < 1.29 is 33.1 Å². The molecule has 2 atom stereocenters. The molecule has 0 aliphatic rings. The molecule has 4 aromatic carbocycles. The lowest BCUT2D eigenvalue weighted by atomic mass is 10.0. The second kappa shape index (κ2) is 13.2. The van der Waals surface area contributed by atoms with Gasteiger partial charge in [0.1, 0.15) is 17.6 Å². The lowest BCUT2D eigenvalue weighted by molar-refractivity contribution is -0.384. The first-order valence-corrected chi connectivity index (χ1v) is 14.4. The molecule has 0 heterocycles. The number of nitrogens with zero attached hydrogens (tertiary/aromatic N) is 1. The first kappa shape index (κ1) is 30.8. The Labute approximate surface area is 250 Å². The van der Waals surface area contributed by atoms with Gasteiger partial charge in [-0.1, -0.05) is 35.3 Å². The zero-order chi connectivity index (χ0) is 30.4. The highest BCUT2D eigenvalue weighted by Gasteiger charge is 2.26. The maximum atomic E-state index is 13.2. The van der Waals surface area contributed by atoms with Gasteiger partial charge in [-0.2, -0.15) is 0 Å². The molecule has 11 nitrogen and oxygen atoms in total. The van der Waals surface area contributed by atoms with E-state index < -0.39 is 39.6 Å². The topological polar surface area (TPSA) is 168 Å². The van der Waals surface area contributed by atoms with Crippen molar-refractivity contribution in [1.82, 2.24) is 5.32 Å². The molecule has 0 saturated heterocycles. The van der Waals surface area contributed by atoms with Crippen molar-refractivity contribution in [1.29, 1.82) is 0 Å². The second-order valence-electron chi connectivity index (χ2n) is 8.86. The first-order valence-electron chi connectivity index (χ1n) is 12.2. The lowest BCUT2D eigenvalue weighted by Crippen LogP contribution is -2.42. The Morgan fingerprint density at radius 2 is 1.64 bits per heavy atom. The van der Waals surface area contributed by atoms with E-state index in [1.807, 2.05) is 0 Å². The van der Waals surface area contributed by atoms with Gasteiger partial charge in [0.2, 0.25) is 0 Å².